The average molecular weight is 808 g/mol. The molecule has 2 heteroatoms. The summed E-state index contributed by atoms with van der Waals surface area (Å²) < 4.78 is 2.64. The van der Waals surface area contributed by atoms with Gasteiger partial charge in [-0.3, -0.25) is 0 Å². The lowest BCUT2D eigenvalue weighted by Gasteiger charge is -2.30. The molecule has 0 saturated carbocycles. The second-order valence-electron chi connectivity index (χ2n) is 15.6. The van der Waals surface area contributed by atoms with E-state index in [4.69, 9.17) is 0 Å². The van der Waals surface area contributed by atoms with Gasteiger partial charge in [-0.05, 0) is 98.1 Å². The molecule has 0 unspecified atom stereocenters. The highest BCUT2D eigenvalue weighted by atomic mass is 32.1. The molecule has 11 rings (SSSR count). The molecule has 0 radical (unpaired) electrons. The number of hydrogen-bond acceptors (Lipinski definition) is 2. The SMILES string of the molecule is c1ccc(-c2ccc(-c3ccccc3N(c3ccc(-c4ccc5sc6ccccc6c5c4)cc3)c3ccccc3-c3ccccc3-c3ccccc3-c3ccccc3)cc2)cc1. The summed E-state index contributed by atoms with van der Waals surface area (Å²) in [4.78, 5) is 2.45. The predicted octanol–water partition coefficient (Wildman–Crippen LogP) is 17.5. The van der Waals surface area contributed by atoms with E-state index < -0.39 is 0 Å². The second kappa shape index (κ2) is 16.3. The van der Waals surface area contributed by atoms with Gasteiger partial charge in [0, 0.05) is 37.0 Å². The summed E-state index contributed by atoms with van der Waals surface area (Å²) >= 11 is 1.86. The standard InChI is InChI=1S/C60H41NS/c1-3-17-42(18-4-1)43-31-33-46(34-32-43)50-22-11-14-28-57(50)61(48-38-35-44(36-39-48)47-37-40-60-56(41-47)55-27-13-16-30-59(55)62-60)58-29-15-12-26-54(58)53-25-10-9-24-52(53)51-23-8-7-21-49(51)45-19-5-2-6-20-45/h1-41H. The van der Waals surface area contributed by atoms with E-state index in [9.17, 15) is 0 Å². The number of anilines is 3. The van der Waals surface area contributed by atoms with Gasteiger partial charge in [-0.25, -0.2) is 0 Å². The van der Waals surface area contributed by atoms with Crippen LogP contribution in [-0.4, -0.2) is 0 Å². The number of fused-ring (bicyclic) bond motifs is 3. The van der Waals surface area contributed by atoms with E-state index in [1.54, 1.807) is 0 Å². The van der Waals surface area contributed by atoms with E-state index in [1.807, 2.05) is 11.3 Å². The van der Waals surface area contributed by atoms with Crippen molar-refractivity contribution in [1.29, 1.82) is 0 Å². The molecule has 10 aromatic carbocycles. The summed E-state index contributed by atoms with van der Waals surface area (Å²) in [7, 11) is 0. The van der Waals surface area contributed by atoms with Crippen LogP contribution in [0.3, 0.4) is 0 Å². The highest BCUT2D eigenvalue weighted by Gasteiger charge is 2.22. The first kappa shape index (κ1) is 37.2. The van der Waals surface area contributed by atoms with Crippen molar-refractivity contribution < 1.29 is 0 Å². The Morgan fingerprint density at radius 1 is 0.242 bits per heavy atom. The molecule has 0 N–H and O–H groups in total. The Kier molecular flexibility index (Phi) is 9.82. The lowest BCUT2D eigenvalue weighted by Crippen LogP contribution is -2.12. The van der Waals surface area contributed by atoms with Crippen LogP contribution >= 0.6 is 11.3 Å². The van der Waals surface area contributed by atoms with Crippen LogP contribution in [0.1, 0.15) is 0 Å². The molecule has 0 atom stereocenters. The minimum absolute atomic E-state index is 1.08. The minimum Gasteiger partial charge on any atom is -0.309 e. The Balaban J connectivity index is 1.08. The number of hydrogen-bond donors (Lipinski definition) is 0. The molecule has 0 bridgehead atoms. The minimum atomic E-state index is 1.08. The molecule has 62 heavy (non-hydrogen) atoms. The van der Waals surface area contributed by atoms with Gasteiger partial charge in [-0.2, -0.15) is 0 Å². The van der Waals surface area contributed by atoms with Crippen LogP contribution in [0.4, 0.5) is 17.1 Å². The highest BCUT2D eigenvalue weighted by Crippen LogP contribution is 2.48. The molecule has 1 heterocycles. The fraction of sp³-hybridized carbons (Fsp3) is 0. The molecule has 0 aliphatic carbocycles. The third-order valence-corrected chi connectivity index (χ3v) is 13.1. The maximum Gasteiger partial charge on any atom is 0.0540 e. The zero-order chi connectivity index (χ0) is 41.2. The lowest BCUT2D eigenvalue weighted by atomic mass is 9.88. The quantitative estimate of drug-likeness (QED) is 0.140. The summed E-state index contributed by atoms with van der Waals surface area (Å²) in [6, 6.07) is 90.4. The number of para-hydroxylation sites is 2. The Hall–Kier alpha value is -7.78. The maximum absolute atomic E-state index is 2.45. The molecule has 1 aromatic heterocycles. The van der Waals surface area contributed by atoms with E-state index >= 15 is 0 Å². The molecule has 0 amide bonds. The van der Waals surface area contributed by atoms with Gasteiger partial charge in [0.05, 0.1) is 11.4 Å². The monoisotopic (exact) mass is 807 g/mol. The van der Waals surface area contributed by atoms with Crippen molar-refractivity contribution in [1.82, 2.24) is 0 Å². The van der Waals surface area contributed by atoms with Crippen LogP contribution in [0.15, 0.2) is 249 Å². The third kappa shape index (κ3) is 6.97. The van der Waals surface area contributed by atoms with Crippen molar-refractivity contribution in [2.24, 2.45) is 0 Å². The summed E-state index contributed by atoms with van der Waals surface area (Å²) in [5, 5.41) is 2.62. The fourth-order valence-corrected chi connectivity index (χ4v) is 10.0. The van der Waals surface area contributed by atoms with Crippen LogP contribution in [0.5, 0.6) is 0 Å². The van der Waals surface area contributed by atoms with E-state index in [0.29, 0.717) is 0 Å². The molecule has 0 aliphatic heterocycles. The normalized spacial score (nSPS) is 11.2. The summed E-state index contributed by atoms with van der Waals surface area (Å²) in [6.07, 6.45) is 0. The van der Waals surface area contributed by atoms with Gasteiger partial charge in [0.2, 0.25) is 0 Å². The van der Waals surface area contributed by atoms with Gasteiger partial charge >= 0.3 is 0 Å². The number of benzene rings is 10. The third-order valence-electron chi connectivity index (χ3n) is 11.9. The van der Waals surface area contributed by atoms with Gasteiger partial charge in [0.1, 0.15) is 0 Å². The van der Waals surface area contributed by atoms with Crippen molar-refractivity contribution in [3.05, 3.63) is 249 Å². The molecule has 11 aromatic rings. The van der Waals surface area contributed by atoms with Crippen molar-refractivity contribution in [2.45, 2.75) is 0 Å². The first-order valence-corrected chi connectivity index (χ1v) is 22.0. The summed E-state index contributed by atoms with van der Waals surface area (Å²) in [5.41, 5.74) is 17.5. The largest absolute Gasteiger partial charge is 0.309 e. The predicted molar refractivity (Wildman–Crippen MR) is 267 cm³/mol. The van der Waals surface area contributed by atoms with Gasteiger partial charge in [-0.15, -0.1) is 11.3 Å². The summed E-state index contributed by atoms with van der Waals surface area (Å²) in [6.45, 7) is 0. The van der Waals surface area contributed by atoms with E-state index in [1.165, 1.54) is 70.2 Å². The molecular weight excluding hydrogens is 767 g/mol. The van der Waals surface area contributed by atoms with E-state index in [0.717, 1.165) is 33.8 Å². The van der Waals surface area contributed by atoms with Gasteiger partial charge in [0.25, 0.3) is 0 Å². The van der Waals surface area contributed by atoms with E-state index in [2.05, 4.69) is 254 Å². The molecule has 1 nitrogen and oxygen atoms in total. The Morgan fingerprint density at radius 3 is 1.34 bits per heavy atom. The van der Waals surface area contributed by atoms with Gasteiger partial charge in [0.15, 0.2) is 0 Å². The molecule has 0 aliphatic rings. The van der Waals surface area contributed by atoms with Crippen LogP contribution in [0, 0.1) is 0 Å². The smallest absolute Gasteiger partial charge is 0.0540 e. The van der Waals surface area contributed by atoms with Gasteiger partial charge in [-0.1, -0.05) is 206 Å². The van der Waals surface area contributed by atoms with Crippen molar-refractivity contribution in [3.8, 4) is 66.8 Å². The lowest BCUT2D eigenvalue weighted by molar-refractivity contribution is 1.28. The Labute approximate surface area is 367 Å². The molecule has 292 valence electrons. The van der Waals surface area contributed by atoms with Crippen LogP contribution in [0.25, 0.3) is 86.9 Å². The number of nitrogens with zero attached hydrogens (tertiary/aromatic N) is 1. The van der Waals surface area contributed by atoms with Crippen LogP contribution in [0.2, 0.25) is 0 Å². The second-order valence-corrected chi connectivity index (χ2v) is 16.7. The topological polar surface area (TPSA) is 3.24 Å². The van der Waals surface area contributed by atoms with Crippen LogP contribution in [-0.2, 0) is 0 Å². The summed E-state index contributed by atoms with van der Waals surface area (Å²) in [5.74, 6) is 0. The van der Waals surface area contributed by atoms with Gasteiger partial charge < -0.3 is 4.90 Å². The molecule has 0 saturated heterocycles. The molecule has 0 fully saturated rings. The highest BCUT2D eigenvalue weighted by molar-refractivity contribution is 7.25. The zero-order valence-corrected chi connectivity index (χ0v) is 34.8. The Bertz CT molecular complexity index is 3330. The first-order valence-electron chi connectivity index (χ1n) is 21.2. The average Bonchev–Trinajstić information content (AvgIpc) is 3.73. The van der Waals surface area contributed by atoms with Crippen molar-refractivity contribution in [2.75, 3.05) is 4.90 Å². The molecular formula is C60H41NS. The number of thiophene rings is 1. The maximum atomic E-state index is 2.45. The number of rotatable bonds is 9. The zero-order valence-electron chi connectivity index (χ0n) is 34.0. The Morgan fingerprint density at radius 2 is 0.645 bits per heavy atom. The fourth-order valence-electron chi connectivity index (χ4n) is 8.94. The van der Waals surface area contributed by atoms with Crippen molar-refractivity contribution in [3.63, 3.8) is 0 Å². The first-order chi connectivity index (χ1) is 30.8. The van der Waals surface area contributed by atoms with Crippen LogP contribution < -0.4 is 4.90 Å². The van der Waals surface area contributed by atoms with E-state index in [-0.39, 0.29) is 0 Å². The van der Waals surface area contributed by atoms with Crippen molar-refractivity contribution >= 4 is 48.6 Å². The molecule has 0 spiro atoms.